The van der Waals surface area contributed by atoms with E-state index in [1.54, 1.807) is 12.1 Å². The van der Waals surface area contributed by atoms with Crippen LogP contribution in [0.25, 0.3) is 0 Å². The molecule has 4 rings (SSSR count). The third-order valence-electron chi connectivity index (χ3n) is 5.88. The zero-order valence-corrected chi connectivity index (χ0v) is 17.5. The lowest BCUT2D eigenvalue weighted by atomic mass is 9.94. The minimum atomic E-state index is -4.09. The van der Waals surface area contributed by atoms with E-state index in [0.29, 0.717) is 0 Å². The van der Waals surface area contributed by atoms with Crippen LogP contribution in [0.2, 0.25) is 0 Å². The van der Waals surface area contributed by atoms with Crippen molar-refractivity contribution in [3.05, 3.63) is 29.8 Å². The summed E-state index contributed by atoms with van der Waals surface area (Å²) in [4.78, 5) is 0.0161. The topological polar surface area (TPSA) is 101 Å². The number of hydrogen-bond donors (Lipinski definition) is 1. The summed E-state index contributed by atoms with van der Waals surface area (Å²) in [7, 11) is -2.58. The maximum Gasteiger partial charge on any atom is 0.297 e. The van der Waals surface area contributed by atoms with Crippen LogP contribution in [0, 0.1) is 6.92 Å². The van der Waals surface area contributed by atoms with Gasteiger partial charge in [-0.1, -0.05) is 24.1 Å². The molecule has 0 amide bonds. The Morgan fingerprint density at radius 2 is 1.86 bits per heavy atom. The fraction of sp³-hybridized carbons (Fsp3) is 0.700. The van der Waals surface area contributed by atoms with E-state index in [-0.39, 0.29) is 4.90 Å². The molecule has 5 atom stereocenters. The van der Waals surface area contributed by atoms with E-state index in [4.69, 9.17) is 23.1 Å². The number of methoxy groups -OCH3 is 1. The first-order chi connectivity index (χ1) is 13.9. The fourth-order valence-corrected chi connectivity index (χ4v) is 5.44. The molecule has 1 saturated carbocycles. The van der Waals surface area contributed by atoms with Gasteiger partial charge in [0.25, 0.3) is 10.1 Å². The SMILES string of the molecule is CO[C@@H]1[C@H]2OC3(CCCCC3)O[C@H]2O[C@@H]1[C@@H](CO)OS(=O)(=O)c1ccc(C)cc1. The highest BCUT2D eigenvalue weighted by Gasteiger charge is 2.60. The second kappa shape index (κ2) is 8.22. The summed E-state index contributed by atoms with van der Waals surface area (Å²) >= 11 is 0. The van der Waals surface area contributed by atoms with Crippen LogP contribution in [0.5, 0.6) is 0 Å². The number of aliphatic hydroxyl groups is 1. The first kappa shape index (κ1) is 21.2. The molecule has 2 aliphatic heterocycles. The van der Waals surface area contributed by atoms with Gasteiger partial charge in [0.2, 0.25) is 0 Å². The lowest BCUT2D eigenvalue weighted by molar-refractivity contribution is -0.254. The highest BCUT2D eigenvalue weighted by molar-refractivity contribution is 7.86. The van der Waals surface area contributed by atoms with Gasteiger partial charge in [0.05, 0.1) is 11.5 Å². The highest BCUT2D eigenvalue weighted by Crippen LogP contribution is 2.46. The summed E-state index contributed by atoms with van der Waals surface area (Å²) in [5.74, 6) is -0.654. The Morgan fingerprint density at radius 1 is 1.17 bits per heavy atom. The average molecular weight is 429 g/mol. The van der Waals surface area contributed by atoms with Gasteiger partial charge in [0, 0.05) is 20.0 Å². The third kappa shape index (κ3) is 4.10. The molecule has 1 aromatic rings. The molecule has 9 heteroatoms. The Bertz CT molecular complexity index is 802. The van der Waals surface area contributed by atoms with E-state index in [1.165, 1.54) is 19.2 Å². The van der Waals surface area contributed by atoms with Crippen molar-refractivity contribution >= 4 is 10.1 Å². The third-order valence-corrected chi connectivity index (χ3v) is 7.23. The quantitative estimate of drug-likeness (QED) is 0.686. The molecule has 1 aliphatic carbocycles. The smallest absolute Gasteiger partial charge is 0.297 e. The summed E-state index contributed by atoms with van der Waals surface area (Å²) < 4.78 is 54.5. The van der Waals surface area contributed by atoms with Crippen molar-refractivity contribution in [1.29, 1.82) is 0 Å². The van der Waals surface area contributed by atoms with E-state index < -0.39 is 53.2 Å². The zero-order chi connectivity index (χ0) is 20.6. The van der Waals surface area contributed by atoms with Crippen LogP contribution in [0.1, 0.15) is 37.7 Å². The van der Waals surface area contributed by atoms with Crippen LogP contribution in [-0.4, -0.2) is 63.7 Å². The summed E-state index contributed by atoms with van der Waals surface area (Å²) in [5, 5.41) is 9.85. The van der Waals surface area contributed by atoms with E-state index >= 15 is 0 Å². The molecular weight excluding hydrogens is 400 g/mol. The van der Waals surface area contributed by atoms with Crippen LogP contribution in [0.3, 0.4) is 0 Å². The maximum atomic E-state index is 12.7. The fourth-order valence-electron chi connectivity index (χ4n) is 4.36. The summed E-state index contributed by atoms with van der Waals surface area (Å²) in [6.45, 7) is 1.31. The predicted octanol–water partition coefficient (Wildman–Crippen LogP) is 1.88. The van der Waals surface area contributed by atoms with E-state index in [0.717, 1.165) is 37.7 Å². The van der Waals surface area contributed by atoms with Crippen LogP contribution >= 0.6 is 0 Å². The molecule has 8 nitrogen and oxygen atoms in total. The Hall–Kier alpha value is -1.07. The zero-order valence-electron chi connectivity index (χ0n) is 16.7. The van der Waals surface area contributed by atoms with Gasteiger partial charge < -0.3 is 24.1 Å². The minimum absolute atomic E-state index is 0.0161. The second-order valence-corrected chi connectivity index (χ2v) is 9.50. The molecule has 29 heavy (non-hydrogen) atoms. The highest BCUT2D eigenvalue weighted by atomic mass is 32.2. The van der Waals surface area contributed by atoms with Gasteiger partial charge in [-0.3, -0.25) is 4.18 Å². The number of hydrogen-bond acceptors (Lipinski definition) is 8. The average Bonchev–Trinajstić information content (AvgIpc) is 3.20. The number of benzene rings is 1. The minimum Gasteiger partial charge on any atom is -0.394 e. The first-order valence-corrected chi connectivity index (χ1v) is 11.4. The van der Waals surface area contributed by atoms with Gasteiger partial charge in [-0.2, -0.15) is 8.42 Å². The normalized spacial score (nSPS) is 32.4. The molecule has 1 spiro atoms. The molecule has 2 saturated heterocycles. The van der Waals surface area contributed by atoms with Crippen molar-refractivity contribution in [1.82, 2.24) is 0 Å². The summed E-state index contributed by atoms with van der Waals surface area (Å²) in [5.41, 5.74) is 0.931. The Morgan fingerprint density at radius 3 is 2.48 bits per heavy atom. The van der Waals surface area contributed by atoms with Crippen LogP contribution < -0.4 is 0 Å². The molecular formula is C20H28O8S. The maximum absolute atomic E-state index is 12.7. The number of fused-ring (bicyclic) bond motifs is 1. The van der Waals surface area contributed by atoms with Crippen molar-refractivity contribution in [3.8, 4) is 0 Å². The van der Waals surface area contributed by atoms with Gasteiger partial charge >= 0.3 is 0 Å². The van der Waals surface area contributed by atoms with Gasteiger partial charge in [-0.15, -0.1) is 0 Å². The lowest BCUT2D eigenvalue weighted by Crippen LogP contribution is -2.46. The molecule has 0 aromatic heterocycles. The number of ether oxygens (including phenoxy) is 4. The molecule has 0 unspecified atom stereocenters. The van der Waals surface area contributed by atoms with E-state index in [9.17, 15) is 13.5 Å². The lowest BCUT2D eigenvalue weighted by Gasteiger charge is -2.34. The molecule has 1 aromatic carbocycles. The second-order valence-electron chi connectivity index (χ2n) is 7.93. The first-order valence-electron chi connectivity index (χ1n) is 10.0. The van der Waals surface area contributed by atoms with Gasteiger partial charge in [-0.25, -0.2) is 0 Å². The Labute approximate surface area is 171 Å². The van der Waals surface area contributed by atoms with E-state index in [2.05, 4.69) is 0 Å². The van der Waals surface area contributed by atoms with Crippen molar-refractivity contribution in [2.75, 3.05) is 13.7 Å². The number of aliphatic hydroxyl groups excluding tert-OH is 1. The van der Waals surface area contributed by atoms with Gasteiger partial charge in [0.1, 0.15) is 24.4 Å². The Balaban J connectivity index is 1.49. The standard InChI is InChI=1S/C20H28O8S/c1-13-6-8-14(9-7-13)29(22,23)28-15(12-21)16-17(24-2)18-19(25-16)27-20(26-18)10-4-3-5-11-20/h6-9,15-19,21H,3-5,10-12H2,1-2H3/t15-,16-,17+,18-,19-/m1/s1. The summed E-state index contributed by atoms with van der Waals surface area (Å²) in [6, 6.07) is 6.31. The molecule has 0 bridgehead atoms. The van der Waals surface area contributed by atoms with Crippen LogP contribution in [0.15, 0.2) is 29.2 Å². The van der Waals surface area contributed by atoms with Crippen molar-refractivity contribution in [2.45, 2.75) is 80.4 Å². The molecule has 162 valence electrons. The predicted molar refractivity (Wildman–Crippen MR) is 102 cm³/mol. The molecule has 2 heterocycles. The van der Waals surface area contributed by atoms with Crippen molar-refractivity contribution < 1.29 is 36.7 Å². The molecule has 1 N–H and O–H groups in total. The van der Waals surface area contributed by atoms with Crippen LogP contribution in [-0.2, 0) is 33.2 Å². The van der Waals surface area contributed by atoms with E-state index in [1.807, 2.05) is 6.92 Å². The van der Waals surface area contributed by atoms with Crippen LogP contribution in [0.4, 0.5) is 0 Å². The number of rotatable bonds is 6. The van der Waals surface area contributed by atoms with Gasteiger partial charge in [0.15, 0.2) is 12.1 Å². The van der Waals surface area contributed by atoms with Gasteiger partial charge in [-0.05, 0) is 31.9 Å². The van der Waals surface area contributed by atoms with Crippen molar-refractivity contribution in [3.63, 3.8) is 0 Å². The molecule has 3 fully saturated rings. The molecule has 3 aliphatic rings. The largest absolute Gasteiger partial charge is 0.394 e. The molecule has 0 radical (unpaired) electrons. The monoisotopic (exact) mass is 428 g/mol. The number of aryl methyl sites for hydroxylation is 1. The Kier molecular flexibility index (Phi) is 6.00. The van der Waals surface area contributed by atoms with Crippen molar-refractivity contribution in [2.24, 2.45) is 0 Å². The summed E-state index contributed by atoms with van der Waals surface area (Å²) in [6.07, 6.45) is 1.01.